The molecule has 6 nitrogen and oxygen atoms in total. The summed E-state index contributed by atoms with van der Waals surface area (Å²) in [5.74, 6) is 1.66. The fourth-order valence-corrected chi connectivity index (χ4v) is 8.08. The molecule has 0 aliphatic carbocycles. The Morgan fingerprint density at radius 3 is 1.54 bits per heavy atom. The van der Waals surface area contributed by atoms with Crippen LogP contribution in [0.15, 0.2) is 205 Å². The molecule has 0 fully saturated rings. The smallest absolute Gasteiger partial charge is 0.238 e. The Morgan fingerprint density at radius 2 is 0.895 bits per heavy atom. The molecule has 57 heavy (non-hydrogen) atoms. The molecule has 0 saturated heterocycles. The van der Waals surface area contributed by atoms with Crippen molar-refractivity contribution in [3.8, 4) is 39.9 Å². The highest BCUT2D eigenvalue weighted by atomic mass is 16.3. The van der Waals surface area contributed by atoms with E-state index < -0.39 is 0 Å². The van der Waals surface area contributed by atoms with Crippen LogP contribution in [0, 0.1) is 0 Å². The Labute approximate surface area is 328 Å². The summed E-state index contributed by atoms with van der Waals surface area (Å²) >= 11 is 0. The van der Waals surface area contributed by atoms with E-state index in [1.165, 1.54) is 0 Å². The largest absolute Gasteiger partial charge is 0.455 e. The summed E-state index contributed by atoms with van der Waals surface area (Å²) < 4.78 is 8.92. The molecule has 0 N–H and O–H groups in total. The van der Waals surface area contributed by atoms with Gasteiger partial charge < -0.3 is 9.32 Å². The first-order valence-electron chi connectivity index (χ1n) is 19.0. The molecule has 0 spiro atoms. The van der Waals surface area contributed by atoms with E-state index in [0.29, 0.717) is 17.6 Å². The Balaban J connectivity index is 1.11. The molecule has 0 bridgehead atoms. The molecule has 8 aromatic carbocycles. The average Bonchev–Trinajstić information content (AvgIpc) is 3.84. The number of hydrogen-bond donors (Lipinski definition) is 0. The van der Waals surface area contributed by atoms with E-state index in [1.807, 2.05) is 54.6 Å². The predicted molar refractivity (Wildman–Crippen MR) is 232 cm³/mol. The lowest BCUT2D eigenvalue weighted by atomic mass is 9.96. The van der Waals surface area contributed by atoms with Crippen molar-refractivity contribution in [2.75, 3.05) is 4.90 Å². The number of furan rings is 1. The standard InChI is InChI=1S/C51H33N5O/c1-4-16-35(17-5-1)49-52-50(54-51(53-49)56-44-25-13-10-22-40(44)41-23-11-14-26-45(41)56)43-33-32-39(47-42-24-12-15-27-46(42)57-48(43)47)34-28-30-38(31-29-34)55(36-18-6-2-7-19-36)37-20-8-3-9-21-37/h1-33H. The molecule has 0 atom stereocenters. The molecule has 268 valence electrons. The second-order valence-corrected chi connectivity index (χ2v) is 14.0. The van der Waals surface area contributed by atoms with Crippen LogP contribution in [0.2, 0.25) is 0 Å². The Hall–Kier alpha value is -7.83. The molecule has 0 amide bonds. The van der Waals surface area contributed by atoms with Gasteiger partial charge in [-0.2, -0.15) is 9.97 Å². The van der Waals surface area contributed by atoms with Gasteiger partial charge in [-0.1, -0.05) is 140 Å². The van der Waals surface area contributed by atoms with Crippen LogP contribution in [0.3, 0.4) is 0 Å². The third-order valence-corrected chi connectivity index (χ3v) is 10.7. The molecule has 3 aromatic heterocycles. The third kappa shape index (κ3) is 5.54. The number of para-hydroxylation sites is 5. The van der Waals surface area contributed by atoms with Crippen molar-refractivity contribution < 1.29 is 4.42 Å². The van der Waals surface area contributed by atoms with Crippen LogP contribution < -0.4 is 4.90 Å². The summed E-state index contributed by atoms with van der Waals surface area (Å²) in [6.45, 7) is 0. The first kappa shape index (κ1) is 32.6. The van der Waals surface area contributed by atoms with Crippen molar-refractivity contribution in [3.05, 3.63) is 200 Å². The second-order valence-electron chi connectivity index (χ2n) is 14.0. The first-order valence-corrected chi connectivity index (χ1v) is 19.0. The van der Waals surface area contributed by atoms with Gasteiger partial charge in [0.25, 0.3) is 0 Å². The van der Waals surface area contributed by atoms with Crippen molar-refractivity contribution in [2.45, 2.75) is 0 Å². The Kier molecular flexibility index (Phi) is 7.71. The number of rotatable bonds is 7. The van der Waals surface area contributed by atoms with E-state index in [4.69, 9.17) is 19.4 Å². The molecule has 11 aromatic rings. The molecule has 11 rings (SSSR count). The van der Waals surface area contributed by atoms with Crippen molar-refractivity contribution in [1.29, 1.82) is 0 Å². The fourth-order valence-electron chi connectivity index (χ4n) is 8.08. The van der Waals surface area contributed by atoms with Crippen LogP contribution in [0.1, 0.15) is 0 Å². The van der Waals surface area contributed by atoms with Crippen LogP contribution >= 0.6 is 0 Å². The molecular weight excluding hydrogens is 699 g/mol. The minimum atomic E-state index is 0.535. The number of aromatic nitrogens is 4. The maximum atomic E-state index is 6.78. The number of nitrogens with zero attached hydrogens (tertiary/aromatic N) is 5. The normalized spacial score (nSPS) is 11.5. The average molecular weight is 732 g/mol. The van der Waals surface area contributed by atoms with Crippen molar-refractivity contribution in [1.82, 2.24) is 19.5 Å². The number of hydrogen-bond acceptors (Lipinski definition) is 5. The highest BCUT2D eigenvalue weighted by Crippen LogP contribution is 2.43. The predicted octanol–water partition coefficient (Wildman–Crippen LogP) is 13.3. The molecule has 0 unspecified atom stereocenters. The lowest BCUT2D eigenvalue weighted by molar-refractivity contribution is 0.669. The Morgan fingerprint density at radius 1 is 0.386 bits per heavy atom. The van der Waals surface area contributed by atoms with Gasteiger partial charge in [0.1, 0.15) is 11.2 Å². The minimum Gasteiger partial charge on any atom is -0.455 e. The molecular formula is C51H33N5O. The van der Waals surface area contributed by atoms with E-state index in [0.717, 1.165) is 83.1 Å². The topological polar surface area (TPSA) is 60.0 Å². The monoisotopic (exact) mass is 731 g/mol. The van der Waals surface area contributed by atoms with Gasteiger partial charge in [0.15, 0.2) is 11.6 Å². The summed E-state index contributed by atoms with van der Waals surface area (Å²) in [5, 5.41) is 4.33. The van der Waals surface area contributed by atoms with Crippen molar-refractivity contribution in [2.24, 2.45) is 0 Å². The van der Waals surface area contributed by atoms with Crippen LogP contribution in [-0.2, 0) is 0 Å². The van der Waals surface area contributed by atoms with Gasteiger partial charge in [-0.3, -0.25) is 4.57 Å². The molecule has 0 aliphatic heterocycles. The van der Waals surface area contributed by atoms with Gasteiger partial charge in [-0.05, 0) is 71.8 Å². The van der Waals surface area contributed by atoms with E-state index in [1.54, 1.807) is 0 Å². The van der Waals surface area contributed by atoms with Gasteiger partial charge in [-0.25, -0.2) is 4.98 Å². The van der Waals surface area contributed by atoms with E-state index in [2.05, 4.69) is 155 Å². The van der Waals surface area contributed by atoms with Crippen molar-refractivity contribution in [3.63, 3.8) is 0 Å². The van der Waals surface area contributed by atoms with Crippen LogP contribution in [0.5, 0.6) is 0 Å². The SMILES string of the molecule is c1ccc(-c2nc(-c3ccc(-c4ccc(N(c5ccccc5)c5ccccc5)cc4)c4c3oc3ccccc34)nc(-n3c4ccccc4c4ccccc43)n2)cc1. The lowest BCUT2D eigenvalue weighted by Gasteiger charge is -2.25. The number of anilines is 3. The van der Waals surface area contributed by atoms with Crippen LogP contribution in [0.25, 0.3) is 83.6 Å². The minimum absolute atomic E-state index is 0.535. The van der Waals surface area contributed by atoms with E-state index in [9.17, 15) is 0 Å². The fraction of sp³-hybridized carbons (Fsp3) is 0. The van der Waals surface area contributed by atoms with Gasteiger partial charge in [0, 0.05) is 44.2 Å². The van der Waals surface area contributed by atoms with Crippen molar-refractivity contribution >= 4 is 60.8 Å². The molecule has 3 heterocycles. The van der Waals surface area contributed by atoms with Gasteiger partial charge in [0.2, 0.25) is 5.95 Å². The van der Waals surface area contributed by atoms with Crippen LogP contribution in [-0.4, -0.2) is 19.5 Å². The highest BCUT2D eigenvalue weighted by Gasteiger charge is 2.22. The number of fused-ring (bicyclic) bond motifs is 6. The zero-order valence-corrected chi connectivity index (χ0v) is 30.7. The molecule has 0 saturated carbocycles. The van der Waals surface area contributed by atoms with E-state index >= 15 is 0 Å². The quantitative estimate of drug-likeness (QED) is 0.163. The highest BCUT2D eigenvalue weighted by molar-refractivity contribution is 6.16. The zero-order valence-electron chi connectivity index (χ0n) is 30.7. The van der Waals surface area contributed by atoms with Crippen LogP contribution in [0.4, 0.5) is 17.1 Å². The van der Waals surface area contributed by atoms with Gasteiger partial charge in [-0.15, -0.1) is 0 Å². The maximum absolute atomic E-state index is 6.78. The summed E-state index contributed by atoms with van der Waals surface area (Å²) in [7, 11) is 0. The molecule has 6 heteroatoms. The third-order valence-electron chi connectivity index (χ3n) is 10.7. The molecule has 0 radical (unpaired) electrons. The first-order chi connectivity index (χ1) is 28.3. The van der Waals surface area contributed by atoms with Gasteiger partial charge >= 0.3 is 0 Å². The summed E-state index contributed by atoms with van der Waals surface area (Å²) in [6, 6.07) is 69.1. The Bertz CT molecular complexity index is 3130. The van der Waals surface area contributed by atoms with Gasteiger partial charge in [0.05, 0.1) is 16.6 Å². The summed E-state index contributed by atoms with van der Waals surface area (Å²) in [5.41, 5.74) is 10.7. The lowest BCUT2D eigenvalue weighted by Crippen LogP contribution is -2.09. The zero-order chi connectivity index (χ0) is 37.7. The van der Waals surface area contributed by atoms with E-state index in [-0.39, 0.29) is 0 Å². The summed E-state index contributed by atoms with van der Waals surface area (Å²) in [4.78, 5) is 17.8. The maximum Gasteiger partial charge on any atom is 0.238 e. The summed E-state index contributed by atoms with van der Waals surface area (Å²) in [6.07, 6.45) is 0. The molecule has 0 aliphatic rings. The second kappa shape index (κ2) is 13.5. The number of benzene rings is 8.